The maximum atomic E-state index is 8.67. The molecule has 1 aliphatic rings. The van der Waals surface area contributed by atoms with E-state index in [9.17, 15) is 0 Å². The summed E-state index contributed by atoms with van der Waals surface area (Å²) in [4.78, 5) is 4.18. The van der Waals surface area contributed by atoms with E-state index in [1.54, 1.807) is 13.3 Å². The number of nitrogens with two attached hydrogens (primary N) is 1. The highest BCUT2D eigenvalue weighted by atomic mass is 16.5. The molecule has 0 spiro atoms. The number of ether oxygens (including phenoxy) is 2. The molecule has 1 aliphatic heterocycles. The number of aromatic nitrogens is 1. The summed E-state index contributed by atoms with van der Waals surface area (Å²) in [7, 11) is 1.61. The van der Waals surface area contributed by atoms with Gasteiger partial charge >= 0.3 is 0 Å². The van der Waals surface area contributed by atoms with E-state index in [4.69, 9.17) is 20.5 Å². The van der Waals surface area contributed by atoms with Crippen LogP contribution in [0, 0.1) is 18.3 Å². The Balaban J connectivity index is 2.05. The van der Waals surface area contributed by atoms with Crippen molar-refractivity contribution in [2.45, 2.75) is 38.3 Å². The molecule has 0 aliphatic carbocycles. The SMILES string of the molecule is COc1c(C)ncc(N)c1N[C@H]1CC[C@H](CC#N)OC1. The zero-order valence-corrected chi connectivity index (χ0v) is 11.8. The third-order valence-electron chi connectivity index (χ3n) is 3.48. The zero-order chi connectivity index (χ0) is 14.5. The minimum Gasteiger partial charge on any atom is -0.493 e. The second-order valence-electron chi connectivity index (χ2n) is 4.94. The lowest BCUT2D eigenvalue weighted by Gasteiger charge is -2.30. The van der Waals surface area contributed by atoms with E-state index in [1.807, 2.05) is 6.92 Å². The van der Waals surface area contributed by atoms with E-state index < -0.39 is 0 Å². The van der Waals surface area contributed by atoms with E-state index in [1.165, 1.54) is 0 Å². The molecule has 1 fully saturated rings. The van der Waals surface area contributed by atoms with Crippen LogP contribution in [0.4, 0.5) is 11.4 Å². The van der Waals surface area contributed by atoms with Crippen LogP contribution in [-0.4, -0.2) is 30.8 Å². The number of nitrogen functional groups attached to an aromatic ring is 1. The van der Waals surface area contributed by atoms with Gasteiger partial charge in [0.05, 0.1) is 49.9 Å². The molecule has 6 heteroatoms. The van der Waals surface area contributed by atoms with Crippen LogP contribution in [0.25, 0.3) is 0 Å². The number of pyridine rings is 1. The Hall–Kier alpha value is -2.00. The number of nitrogens with zero attached hydrogens (tertiary/aromatic N) is 2. The summed E-state index contributed by atoms with van der Waals surface area (Å²) >= 11 is 0. The van der Waals surface area contributed by atoms with Crippen LogP contribution in [0.1, 0.15) is 25.0 Å². The van der Waals surface area contributed by atoms with Crippen molar-refractivity contribution in [2.75, 3.05) is 24.8 Å². The first-order chi connectivity index (χ1) is 9.65. The molecule has 1 saturated heterocycles. The lowest BCUT2D eigenvalue weighted by atomic mass is 10.0. The largest absolute Gasteiger partial charge is 0.493 e. The van der Waals surface area contributed by atoms with Crippen LogP contribution >= 0.6 is 0 Å². The first-order valence-corrected chi connectivity index (χ1v) is 6.69. The van der Waals surface area contributed by atoms with Gasteiger partial charge in [-0.05, 0) is 19.8 Å². The van der Waals surface area contributed by atoms with Gasteiger partial charge in [0.2, 0.25) is 0 Å². The van der Waals surface area contributed by atoms with Crippen LogP contribution in [0.15, 0.2) is 6.20 Å². The summed E-state index contributed by atoms with van der Waals surface area (Å²) in [6.07, 6.45) is 3.94. The van der Waals surface area contributed by atoms with Crippen molar-refractivity contribution in [2.24, 2.45) is 0 Å². The summed E-state index contributed by atoms with van der Waals surface area (Å²) in [5.41, 5.74) is 8.10. The van der Waals surface area contributed by atoms with Gasteiger partial charge in [-0.25, -0.2) is 0 Å². The fraction of sp³-hybridized carbons (Fsp3) is 0.571. The van der Waals surface area contributed by atoms with E-state index >= 15 is 0 Å². The van der Waals surface area contributed by atoms with E-state index in [0.717, 1.165) is 24.2 Å². The average molecular weight is 276 g/mol. The molecule has 0 saturated carbocycles. The molecule has 2 rings (SSSR count). The fourth-order valence-electron chi connectivity index (χ4n) is 2.39. The van der Waals surface area contributed by atoms with Gasteiger partial charge in [0.15, 0.2) is 5.75 Å². The number of aryl methyl sites for hydroxylation is 1. The molecule has 2 heterocycles. The number of nitrogens with one attached hydrogen (secondary N) is 1. The van der Waals surface area contributed by atoms with Gasteiger partial charge in [-0.1, -0.05) is 0 Å². The minimum atomic E-state index is 0.0523. The van der Waals surface area contributed by atoms with Crippen LogP contribution in [-0.2, 0) is 4.74 Å². The molecule has 0 unspecified atom stereocenters. The number of nitriles is 1. The molecular formula is C14H20N4O2. The number of rotatable bonds is 4. The quantitative estimate of drug-likeness (QED) is 0.871. The molecule has 20 heavy (non-hydrogen) atoms. The van der Waals surface area contributed by atoms with Crippen molar-refractivity contribution in [3.05, 3.63) is 11.9 Å². The van der Waals surface area contributed by atoms with Gasteiger partial charge in [-0.2, -0.15) is 5.26 Å². The maximum Gasteiger partial charge on any atom is 0.165 e. The first kappa shape index (κ1) is 14.4. The van der Waals surface area contributed by atoms with E-state index in [2.05, 4.69) is 16.4 Å². The smallest absolute Gasteiger partial charge is 0.165 e. The predicted octanol–water partition coefficient (Wildman–Crippen LogP) is 1.85. The number of hydrogen-bond acceptors (Lipinski definition) is 6. The molecular weight excluding hydrogens is 256 g/mol. The summed E-state index contributed by atoms with van der Waals surface area (Å²) in [5.74, 6) is 0.671. The third-order valence-corrected chi connectivity index (χ3v) is 3.48. The maximum absolute atomic E-state index is 8.67. The number of hydrogen-bond donors (Lipinski definition) is 2. The molecule has 1 aromatic heterocycles. The van der Waals surface area contributed by atoms with Crippen molar-refractivity contribution < 1.29 is 9.47 Å². The van der Waals surface area contributed by atoms with Crippen molar-refractivity contribution in [1.82, 2.24) is 4.98 Å². The number of anilines is 2. The second kappa shape index (κ2) is 6.44. The Morgan fingerprint density at radius 2 is 2.40 bits per heavy atom. The second-order valence-corrected chi connectivity index (χ2v) is 4.94. The van der Waals surface area contributed by atoms with Crippen molar-refractivity contribution in [3.8, 4) is 11.8 Å². The van der Waals surface area contributed by atoms with Crippen LogP contribution in [0.3, 0.4) is 0 Å². The summed E-state index contributed by atoms with van der Waals surface area (Å²) in [6.45, 7) is 2.44. The van der Waals surface area contributed by atoms with Crippen LogP contribution < -0.4 is 15.8 Å². The molecule has 1 aromatic rings. The fourth-order valence-corrected chi connectivity index (χ4v) is 2.39. The third kappa shape index (κ3) is 3.11. The van der Waals surface area contributed by atoms with Gasteiger partial charge in [0, 0.05) is 6.04 Å². The van der Waals surface area contributed by atoms with Crippen molar-refractivity contribution in [1.29, 1.82) is 5.26 Å². The van der Waals surface area contributed by atoms with Crippen molar-refractivity contribution in [3.63, 3.8) is 0 Å². The summed E-state index contributed by atoms with van der Waals surface area (Å²) in [6, 6.07) is 2.31. The Kier molecular flexibility index (Phi) is 4.64. The predicted molar refractivity (Wildman–Crippen MR) is 76.6 cm³/mol. The highest BCUT2D eigenvalue weighted by Crippen LogP contribution is 2.34. The molecule has 0 amide bonds. The van der Waals surface area contributed by atoms with Gasteiger partial charge in [-0.15, -0.1) is 0 Å². The molecule has 6 nitrogen and oxygen atoms in total. The van der Waals surface area contributed by atoms with Crippen LogP contribution in [0.5, 0.6) is 5.75 Å². The standard InChI is InChI=1S/C14H20N4O2/c1-9-14(19-2)13(12(16)7-17-9)18-10-3-4-11(5-6-15)20-8-10/h7,10-11H,3-5,8,16H2,1-2H3,(H,17,18)/t10-,11+/m0/s1. The zero-order valence-electron chi connectivity index (χ0n) is 11.8. The number of methoxy groups -OCH3 is 1. The molecule has 0 radical (unpaired) electrons. The van der Waals surface area contributed by atoms with E-state index in [-0.39, 0.29) is 12.1 Å². The highest BCUT2D eigenvalue weighted by molar-refractivity contribution is 5.74. The topological polar surface area (TPSA) is 93.2 Å². The molecule has 108 valence electrons. The normalized spacial score (nSPS) is 22.1. The lowest BCUT2D eigenvalue weighted by Crippen LogP contribution is -2.35. The van der Waals surface area contributed by atoms with Gasteiger partial charge in [-0.3, -0.25) is 4.98 Å². The Bertz CT molecular complexity index is 505. The van der Waals surface area contributed by atoms with Crippen molar-refractivity contribution >= 4 is 11.4 Å². The first-order valence-electron chi connectivity index (χ1n) is 6.69. The van der Waals surface area contributed by atoms with Crippen LogP contribution in [0.2, 0.25) is 0 Å². The molecule has 3 N–H and O–H groups in total. The summed E-state index contributed by atoms with van der Waals surface area (Å²) < 4.78 is 11.0. The Morgan fingerprint density at radius 1 is 1.60 bits per heavy atom. The average Bonchev–Trinajstić information content (AvgIpc) is 2.45. The molecule has 2 atom stereocenters. The molecule has 0 aromatic carbocycles. The highest BCUT2D eigenvalue weighted by Gasteiger charge is 2.23. The minimum absolute atomic E-state index is 0.0523. The lowest BCUT2D eigenvalue weighted by molar-refractivity contribution is 0.0127. The van der Waals surface area contributed by atoms with Gasteiger partial charge < -0.3 is 20.5 Å². The van der Waals surface area contributed by atoms with Gasteiger partial charge in [0.1, 0.15) is 5.69 Å². The Morgan fingerprint density at radius 3 is 3.00 bits per heavy atom. The monoisotopic (exact) mass is 276 g/mol. The molecule has 0 bridgehead atoms. The van der Waals surface area contributed by atoms with Gasteiger partial charge in [0.25, 0.3) is 0 Å². The van der Waals surface area contributed by atoms with E-state index in [0.29, 0.717) is 24.5 Å². The Labute approximate surface area is 118 Å². The summed E-state index contributed by atoms with van der Waals surface area (Å²) in [5, 5.41) is 12.0.